The molecule has 0 atom stereocenters. The average molecular weight is 465 g/mol. The van der Waals surface area contributed by atoms with Crippen LogP contribution in [-0.4, -0.2) is 52.9 Å². The lowest BCUT2D eigenvalue weighted by Crippen LogP contribution is -2.36. The highest BCUT2D eigenvalue weighted by molar-refractivity contribution is 7.15. The summed E-state index contributed by atoms with van der Waals surface area (Å²) in [7, 11) is 4.03. The summed E-state index contributed by atoms with van der Waals surface area (Å²) in [5.41, 5.74) is 2.06. The topological polar surface area (TPSA) is 83.0 Å². The summed E-state index contributed by atoms with van der Waals surface area (Å²) >= 11 is 1.71. The highest BCUT2D eigenvalue weighted by atomic mass is 32.1. The first-order valence-corrected chi connectivity index (χ1v) is 12.3. The molecule has 3 heterocycles. The van der Waals surface area contributed by atoms with Crippen molar-refractivity contribution in [3.8, 4) is 10.6 Å². The maximum absolute atomic E-state index is 12.4. The summed E-state index contributed by atoms with van der Waals surface area (Å²) in [4.78, 5) is 29.4. The molecule has 4 rings (SSSR count). The number of pyridine rings is 2. The van der Waals surface area contributed by atoms with E-state index in [-0.39, 0.29) is 11.8 Å². The summed E-state index contributed by atoms with van der Waals surface area (Å²) in [6, 6.07) is 9.93. The second kappa shape index (κ2) is 10.9. The third-order valence-electron chi connectivity index (χ3n) is 6.00. The van der Waals surface area contributed by atoms with E-state index in [1.54, 1.807) is 17.5 Å². The van der Waals surface area contributed by atoms with Crippen LogP contribution in [0.25, 0.3) is 10.6 Å². The molecule has 0 radical (unpaired) electrons. The van der Waals surface area contributed by atoms with Crippen molar-refractivity contribution in [1.29, 1.82) is 0 Å². The molecule has 1 aliphatic rings. The van der Waals surface area contributed by atoms with E-state index in [2.05, 4.69) is 20.5 Å². The molecule has 33 heavy (non-hydrogen) atoms. The highest BCUT2D eigenvalue weighted by Gasteiger charge is 2.28. The Morgan fingerprint density at radius 2 is 1.94 bits per heavy atom. The molecular weight excluding hydrogens is 432 g/mol. The van der Waals surface area contributed by atoms with Crippen LogP contribution in [0.4, 0.5) is 11.6 Å². The SMILES string of the molecule is Cc1ccnc(Nc2cccc(-c3cnc(C4CCC(C(=O)NCCN(C)C)CC4)s3)n2)c1. The number of nitrogens with one attached hydrogen (secondary N) is 2. The van der Waals surface area contributed by atoms with Gasteiger partial charge >= 0.3 is 0 Å². The largest absolute Gasteiger partial charge is 0.355 e. The molecule has 3 aromatic rings. The van der Waals surface area contributed by atoms with Gasteiger partial charge in [-0.25, -0.2) is 15.0 Å². The van der Waals surface area contributed by atoms with Crippen molar-refractivity contribution >= 4 is 28.9 Å². The first-order chi connectivity index (χ1) is 16.0. The van der Waals surface area contributed by atoms with Crippen LogP contribution in [0, 0.1) is 12.8 Å². The summed E-state index contributed by atoms with van der Waals surface area (Å²) in [5.74, 6) is 2.30. The summed E-state index contributed by atoms with van der Waals surface area (Å²) in [5, 5.41) is 7.51. The number of hydrogen-bond acceptors (Lipinski definition) is 7. The van der Waals surface area contributed by atoms with Gasteiger partial charge in [-0.05, 0) is 76.5 Å². The fraction of sp³-hybridized carbons (Fsp3) is 0.440. The van der Waals surface area contributed by atoms with Gasteiger partial charge in [0.15, 0.2) is 0 Å². The van der Waals surface area contributed by atoms with Gasteiger partial charge in [-0.3, -0.25) is 4.79 Å². The number of hydrogen-bond donors (Lipinski definition) is 2. The Hall–Kier alpha value is -2.84. The summed E-state index contributed by atoms with van der Waals surface area (Å²) < 4.78 is 0. The number of aromatic nitrogens is 3. The van der Waals surface area contributed by atoms with Crippen molar-refractivity contribution in [1.82, 2.24) is 25.2 Å². The zero-order valence-corrected chi connectivity index (χ0v) is 20.4. The summed E-state index contributed by atoms with van der Waals surface area (Å²) in [6.45, 7) is 3.62. The number of amides is 1. The Morgan fingerprint density at radius 3 is 2.70 bits per heavy atom. The molecule has 0 spiro atoms. The number of carbonyl (C=O) groups excluding carboxylic acids is 1. The normalized spacial score (nSPS) is 18.3. The number of thiazole rings is 1. The first-order valence-electron chi connectivity index (χ1n) is 11.5. The minimum absolute atomic E-state index is 0.127. The third kappa shape index (κ3) is 6.36. The molecule has 0 saturated heterocycles. The van der Waals surface area contributed by atoms with Gasteiger partial charge in [-0.2, -0.15) is 0 Å². The highest BCUT2D eigenvalue weighted by Crippen LogP contribution is 2.39. The van der Waals surface area contributed by atoms with Gasteiger partial charge in [0.25, 0.3) is 0 Å². The van der Waals surface area contributed by atoms with Crippen LogP contribution in [0.5, 0.6) is 0 Å². The molecule has 0 bridgehead atoms. The van der Waals surface area contributed by atoms with E-state index in [4.69, 9.17) is 9.97 Å². The molecular formula is C25H32N6OS. The van der Waals surface area contributed by atoms with Crippen LogP contribution in [0.1, 0.15) is 42.2 Å². The van der Waals surface area contributed by atoms with Gasteiger partial charge < -0.3 is 15.5 Å². The van der Waals surface area contributed by atoms with E-state index in [1.165, 1.54) is 0 Å². The standard InChI is InChI=1S/C25H32N6OS/c1-17-11-12-26-23(15-17)30-22-6-4-5-20(29-22)21-16-28-25(33-21)19-9-7-18(8-10-19)24(32)27-13-14-31(2)3/h4-6,11-12,15-16,18-19H,7-10,13-14H2,1-3H3,(H,27,32)(H,26,29,30). The fourth-order valence-electron chi connectivity index (χ4n) is 4.12. The molecule has 7 nitrogen and oxygen atoms in total. The lowest BCUT2D eigenvalue weighted by molar-refractivity contribution is -0.126. The van der Waals surface area contributed by atoms with Crippen molar-refractivity contribution in [2.45, 2.75) is 38.5 Å². The van der Waals surface area contributed by atoms with E-state index < -0.39 is 0 Å². The second-order valence-corrected chi connectivity index (χ2v) is 10.0. The van der Waals surface area contributed by atoms with Crippen LogP contribution in [-0.2, 0) is 4.79 Å². The summed E-state index contributed by atoms with van der Waals surface area (Å²) in [6.07, 6.45) is 7.58. The van der Waals surface area contributed by atoms with Gasteiger partial charge in [0.05, 0.1) is 15.6 Å². The van der Waals surface area contributed by atoms with Crippen molar-refractivity contribution < 1.29 is 4.79 Å². The number of likely N-dealkylation sites (N-methyl/N-ethyl adjacent to an activating group) is 1. The smallest absolute Gasteiger partial charge is 0.223 e. The fourth-order valence-corrected chi connectivity index (χ4v) is 5.18. The first kappa shape index (κ1) is 23.3. The minimum Gasteiger partial charge on any atom is -0.355 e. The van der Waals surface area contributed by atoms with Crippen molar-refractivity contribution in [2.24, 2.45) is 5.92 Å². The Morgan fingerprint density at radius 1 is 1.12 bits per heavy atom. The molecule has 0 unspecified atom stereocenters. The zero-order valence-electron chi connectivity index (χ0n) is 19.5. The zero-order chi connectivity index (χ0) is 23.2. The third-order valence-corrected chi connectivity index (χ3v) is 7.18. The molecule has 3 aromatic heterocycles. The maximum atomic E-state index is 12.4. The van der Waals surface area contributed by atoms with Crippen molar-refractivity contribution in [2.75, 3.05) is 32.5 Å². The molecule has 0 aromatic carbocycles. The van der Waals surface area contributed by atoms with E-state index in [0.717, 1.165) is 65.0 Å². The van der Waals surface area contributed by atoms with Crippen LogP contribution < -0.4 is 10.6 Å². The number of carbonyl (C=O) groups is 1. The molecule has 2 N–H and O–H groups in total. The average Bonchev–Trinajstić information content (AvgIpc) is 3.29. The molecule has 0 aliphatic heterocycles. The lowest BCUT2D eigenvalue weighted by Gasteiger charge is -2.26. The Balaban J connectivity index is 1.34. The lowest BCUT2D eigenvalue weighted by atomic mass is 9.82. The number of nitrogens with zero attached hydrogens (tertiary/aromatic N) is 4. The van der Waals surface area contributed by atoms with Crippen molar-refractivity contribution in [3.63, 3.8) is 0 Å². The van der Waals surface area contributed by atoms with Crippen LogP contribution in [0.3, 0.4) is 0 Å². The van der Waals surface area contributed by atoms with Crippen LogP contribution in [0.15, 0.2) is 42.7 Å². The molecule has 174 valence electrons. The van der Waals surface area contributed by atoms with E-state index in [0.29, 0.717) is 12.5 Å². The van der Waals surface area contributed by atoms with Gasteiger partial charge in [-0.15, -0.1) is 11.3 Å². The van der Waals surface area contributed by atoms with E-state index in [1.807, 2.05) is 57.5 Å². The van der Waals surface area contributed by atoms with Gasteiger partial charge in [-0.1, -0.05) is 6.07 Å². The Kier molecular flexibility index (Phi) is 7.67. The number of rotatable bonds is 8. The molecule has 8 heteroatoms. The van der Waals surface area contributed by atoms with E-state index >= 15 is 0 Å². The Bertz CT molecular complexity index is 1070. The quantitative estimate of drug-likeness (QED) is 0.507. The minimum atomic E-state index is 0.127. The predicted molar refractivity (Wildman–Crippen MR) is 134 cm³/mol. The molecule has 1 amide bonds. The maximum Gasteiger partial charge on any atom is 0.223 e. The monoisotopic (exact) mass is 464 g/mol. The van der Waals surface area contributed by atoms with Crippen molar-refractivity contribution in [3.05, 3.63) is 53.3 Å². The molecule has 1 fully saturated rings. The van der Waals surface area contributed by atoms with E-state index in [9.17, 15) is 4.79 Å². The van der Waals surface area contributed by atoms with Gasteiger partial charge in [0.2, 0.25) is 5.91 Å². The van der Waals surface area contributed by atoms with Gasteiger partial charge in [0, 0.05) is 37.3 Å². The Labute approximate surface area is 199 Å². The second-order valence-electron chi connectivity index (χ2n) is 8.96. The predicted octanol–water partition coefficient (Wildman–Crippen LogP) is 4.60. The number of anilines is 2. The van der Waals surface area contributed by atoms with Crippen LogP contribution in [0.2, 0.25) is 0 Å². The molecule has 1 saturated carbocycles. The van der Waals surface area contributed by atoms with Crippen LogP contribution >= 0.6 is 11.3 Å². The number of aryl methyl sites for hydroxylation is 1. The molecule has 1 aliphatic carbocycles. The van der Waals surface area contributed by atoms with Gasteiger partial charge in [0.1, 0.15) is 11.6 Å².